The fraction of sp³-hybridized carbons (Fsp3) is 0.190. The van der Waals surface area contributed by atoms with E-state index in [9.17, 15) is 24.0 Å². The highest BCUT2D eigenvalue weighted by molar-refractivity contribution is 9.10. The SMILES string of the molecule is COC(=O)c1cc(C(=O)OC)cc(N2C(=O)C[C@@H](NNC(=O)c3ccccc3Br)C2=O)c1. The predicted molar refractivity (Wildman–Crippen MR) is 115 cm³/mol. The number of benzene rings is 2. The monoisotopic (exact) mass is 503 g/mol. The average molecular weight is 504 g/mol. The van der Waals surface area contributed by atoms with Gasteiger partial charge >= 0.3 is 11.9 Å². The van der Waals surface area contributed by atoms with E-state index in [1.165, 1.54) is 18.2 Å². The van der Waals surface area contributed by atoms with Crippen LogP contribution in [0.2, 0.25) is 0 Å². The number of halogens is 1. The lowest BCUT2D eigenvalue weighted by Gasteiger charge is -2.17. The van der Waals surface area contributed by atoms with Gasteiger partial charge in [-0.2, -0.15) is 0 Å². The zero-order valence-corrected chi connectivity index (χ0v) is 18.6. The summed E-state index contributed by atoms with van der Waals surface area (Å²) >= 11 is 3.27. The average Bonchev–Trinajstić information content (AvgIpc) is 3.09. The molecule has 1 atom stereocenters. The van der Waals surface area contributed by atoms with Gasteiger partial charge in [0.05, 0.1) is 43.0 Å². The number of ether oxygens (including phenoxy) is 2. The largest absolute Gasteiger partial charge is 0.465 e. The summed E-state index contributed by atoms with van der Waals surface area (Å²) in [7, 11) is 2.32. The molecule has 11 heteroatoms. The summed E-state index contributed by atoms with van der Waals surface area (Å²) in [6, 6.07) is 9.41. The maximum atomic E-state index is 12.9. The van der Waals surface area contributed by atoms with Crippen LogP contribution in [-0.4, -0.2) is 49.9 Å². The number of carbonyl (C=O) groups is 5. The van der Waals surface area contributed by atoms with E-state index in [0.717, 1.165) is 19.1 Å². The van der Waals surface area contributed by atoms with Crippen molar-refractivity contribution in [2.45, 2.75) is 12.5 Å². The molecule has 1 fully saturated rings. The van der Waals surface area contributed by atoms with Crippen LogP contribution in [0.5, 0.6) is 0 Å². The van der Waals surface area contributed by atoms with Crippen LogP contribution in [-0.2, 0) is 19.1 Å². The molecule has 1 aliphatic heterocycles. The molecule has 0 saturated carbocycles. The van der Waals surface area contributed by atoms with Gasteiger partial charge < -0.3 is 9.47 Å². The second-order valence-corrected chi connectivity index (χ2v) is 7.51. The number of anilines is 1. The Morgan fingerprint density at radius 3 is 2.16 bits per heavy atom. The van der Waals surface area contributed by atoms with Crippen LogP contribution >= 0.6 is 15.9 Å². The van der Waals surface area contributed by atoms with E-state index in [1.54, 1.807) is 24.3 Å². The molecule has 32 heavy (non-hydrogen) atoms. The molecule has 1 saturated heterocycles. The highest BCUT2D eigenvalue weighted by Gasteiger charge is 2.40. The van der Waals surface area contributed by atoms with Crippen molar-refractivity contribution < 1.29 is 33.4 Å². The summed E-state index contributed by atoms with van der Waals surface area (Å²) in [6.45, 7) is 0. The lowest BCUT2D eigenvalue weighted by Crippen LogP contribution is -2.48. The van der Waals surface area contributed by atoms with E-state index in [0.29, 0.717) is 10.0 Å². The van der Waals surface area contributed by atoms with Crippen molar-refractivity contribution in [1.29, 1.82) is 0 Å². The molecule has 1 heterocycles. The van der Waals surface area contributed by atoms with Crippen molar-refractivity contribution in [1.82, 2.24) is 10.9 Å². The number of hydrogen-bond acceptors (Lipinski definition) is 8. The fourth-order valence-corrected chi connectivity index (χ4v) is 3.56. The minimum absolute atomic E-state index is 0.00438. The third-order valence-electron chi connectivity index (χ3n) is 4.64. The molecule has 166 valence electrons. The molecule has 0 spiro atoms. The van der Waals surface area contributed by atoms with E-state index < -0.39 is 35.7 Å². The number of carbonyl (C=O) groups excluding carboxylic acids is 5. The van der Waals surface area contributed by atoms with Gasteiger partial charge in [-0.25, -0.2) is 19.9 Å². The minimum Gasteiger partial charge on any atom is -0.465 e. The van der Waals surface area contributed by atoms with Gasteiger partial charge in [-0.1, -0.05) is 12.1 Å². The van der Waals surface area contributed by atoms with E-state index in [-0.39, 0.29) is 23.2 Å². The first-order valence-corrected chi connectivity index (χ1v) is 10.0. The van der Waals surface area contributed by atoms with E-state index in [2.05, 4.69) is 36.3 Å². The number of esters is 2. The summed E-state index contributed by atoms with van der Waals surface area (Å²) in [5, 5.41) is 0. The van der Waals surface area contributed by atoms with Crippen molar-refractivity contribution >= 4 is 51.3 Å². The molecule has 0 aliphatic carbocycles. The summed E-state index contributed by atoms with van der Waals surface area (Å²) < 4.78 is 9.90. The van der Waals surface area contributed by atoms with Crippen molar-refractivity contribution in [3.8, 4) is 0 Å². The highest BCUT2D eigenvalue weighted by atomic mass is 79.9. The molecule has 3 rings (SSSR count). The molecule has 0 radical (unpaired) electrons. The minimum atomic E-state index is -1.04. The van der Waals surface area contributed by atoms with Gasteiger partial charge in [0, 0.05) is 4.47 Å². The normalized spacial score (nSPS) is 15.5. The van der Waals surface area contributed by atoms with Crippen LogP contribution in [0.15, 0.2) is 46.9 Å². The molecule has 2 N–H and O–H groups in total. The fourth-order valence-electron chi connectivity index (χ4n) is 3.09. The van der Waals surface area contributed by atoms with Crippen LogP contribution in [0.25, 0.3) is 0 Å². The second-order valence-electron chi connectivity index (χ2n) is 6.65. The number of nitrogens with zero attached hydrogens (tertiary/aromatic N) is 1. The van der Waals surface area contributed by atoms with E-state index >= 15 is 0 Å². The number of hydrogen-bond donors (Lipinski definition) is 2. The van der Waals surface area contributed by atoms with Crippen LogP contribution in [0.3, 0.4) is 0 Å². The van der Waals surface area contributed by atoms with Gasteiger partial charge in [-0.15, -0.1) is 0 Å². The lowest BCUT2D eigenvalue weighted by molar-refractivity contribution is -0.121. The summed E-state index contributed by atoms with van der Waals surface area (Å²) in [4.78, 5) is 62.6. The van der Waals surface area contributed by atoms with Gasteiger partial charge in [0.15, 0.2) is 0 Å². The van der Waals surface area contributed by atoms with Gasteiger partial charge in [0.2, 0.25) is 5.91 Å². The molecule has 0 unspecified atom stereocenters. The Hall–Kier alpha value is -3.57. The third-order valence-corrected chi connectivity index (χ3v) is 5.33. The molecule has 0 aromatic heterocycles. The Morgan fingerprint density at radius 1 is 1.00 bits per heavy atom. The van der Waals surface area contributed by atoms with Crippen LogP contribution in [0, 0.1) is 0 Å². The van der Waals surface area contributed by atoms with Gasteiger partial charge in [0.25, 0.3) is 11.8 Å². The summed E-state index contributed by atoms with van der Waals surface area (Å²) in [6.07, 6.45) is -0.245. The molecule has 1 aliphatic rings. The number of amides is 3. The Morgan fingerprint density at radius 2 is 1.59 bits per heavy atom. The lowest BCUT2D eigenvalue weighted by atomic mass is 10.1. The van der Waals surface area contributed by atoms with Crippen LogP contribution in [0.4, 0.5) is 5.69 Å². The topological polar surface area (TPSA) is 131 Å². The van der Waals surface area contributed by atoms with Crippen molar-refractivity contribution in [3.63, 3.8) is 0 Å². The third kappa shape index (κ3) is 4.68. The van der Waals surface area contributed by atoms with Crippen LogP contribution < -0.4 is 15.8 Å². The molecule has 2 aromatic rings. The maximum Gasteiger partial charge on any atom is 0.337 e. The highest BCUT2D eigenvalue weighted by Crippen LogP contribution is 2.26. The molecule has 10 nitrogen and oxygen atoms in total. The van der Waals surface area contributed by atoms with Crippen LogP contribution in [0.1, 0.15) is 37.5 Å². The number of imide groups is 1. The Labute approximate surface area is 190 Å². The summed E-state index contributed by atoms with van der Waals surface area (Å²) in [5.74, 6) is -3.27. The molecule has 0 bridgehead atoms. The predicted octanol–water partition coefficient (Wildman–Crippen LogP) is 1.59. The second kappa shape index (κ2) is 9.71. The zero-order valence-electron chi connectivity index (χ0n) is 17.0. The van der Waals surface area contributed by atoms with E-state index in [1.807, 2.05) is 0 Å². The molecular weight excluding hydrogens is 486 g/mol. The first-order valence-electron chi connectivity index (χ1n) is 9.25. The van der Waals surface area contributed by atoms with Gasteiger partial charge in [-0.05, 0) is 46.3 Å². The molecule has 2 aromatic carbocycles. The standard InChI is InChI=1S/C21H18BrN3O7/c1-31-20(29)11-7-12(21(30)32-2)9-13(8-11)25-17(26)10-16(19(25)28)23-24-18(27)14-5-3-4-6-15(14)22/h3-9,16,23H,10H2,1-2H3,(H,24,27)/t16-/m1/s1. The smallest absolute Gasteiger partial charge is 0.337 e. The first-order chi connectivity index (χ1) is 15.3. The number of methoxy groups -OCH3 is 2. The Balaban J connectivity index is 1.82. The Kier molecular flexibility index (Phi) is 7.01. The maximum absolute atomic E-state index is 12.9. The van der Waals surface area contributed by atoms with Crippen molar-refractivity contribution in [2.75, 3.05) is 19.1 Å². The quantitative estimate of drug-likeness (QED) is 0.345. The van der Waals surface area contributed by atoms with Crippen molar-refractivity contribution in [3.05, 3.63) is 63.6 Å². The number of nitrogens with one attached hydrogen (secondary N) is 2. The Bertz CT molecular complexity index is 1080. The van der Waals surface area contributed by atoms with Crippen molar-refractivity contribution in [2.24, 2.45) is 0 Å². The molecular formula is C21H18BrN3O7. The first kappa shape index (κ1) is 23.1. The number of rotatable bonds is 6. The van der Waals surface area contributed by atoms with E-state index in [4.69, 9.17) is 0 Å². The molecule has 3 amide bonds. The number of hydrazine groups is 1. The zero-order chi connectivity index (χ0) is 23.4. The van der Waals surface area contributed by atoms with Gasteiger partial charge in [0.1, 0.15) is 6.04 Å². The van der Waals surface area contributed by atoms with Gasteiger partial charge in [-0.3, -0.25) is 19.8 Å². The summed E-state index contributed by atoms with van der Waals surface area (Å²) in [5.41, 5.74) is 5.25.